The third-order valence-electron chi connectivity index (χ3n) is 3.05. The van der Waals surface area contributed by atoms with Gasteiger partial charge in [0.25, 0.3) is 0 Å². The lowest BCUT2D eigenvalue weighted by molar-refractivity contribution is 0.499. The summed E-state index contributed by atoms with van der Waals surface area (Å²) in [6.07, 6.45) is 6.01. The maximum absolute atomic E-state index is 13.4. The first-order valence-corrected chi connectivity index (χ1v) is 7.11. The van der Waals surface area contributed by atoms with Gasteiger partial charge in [-0.15, -0.1) is 0 Å². The van der Waals surface area contributed by atoms with E-state index >= 15 is 0 Å². The number of unbranched alkanes of at least 4 members (excludes halogenated alkanes) is 3. The molecule has 0 bridgehead atoms. The van der Waals surface area contributed by atoms with E-state index in [2.05, 4.69) is 28.2 Å². The van der Waals surface area contributed by atoms with Gasteiger partial charge in [-0.3, -0.25) is 0 Å². The Morgan fingerprint density at radius 1 is 1.29 bits per heavy atom. The molecule has 0 aliphatic rings. The highest BCUT2D eigenvalue weighted by atomic mass is 79.9. The van der Waals surface area contributed by atoms with E-state index in [-0.39, 0.29) is 11.9 Å². The van der Waals surface area contributed by atoms with Crippen molar-refractivity contribution in [3.8, 4) is 0 Å². The average Bonchev–Trinajstić information content (AvgIpc) is 2.34. The fraction of sp³-hybridized carbons (Fsp3) is 0.571. The molecule has 0 amide bonds. The summed E-state index contributed by atoms with van der Waals surface area (Å²) in [6, 6.07) is 5.47. The number of hydrogen-bond acceptors (Lipinski definition) is 1. The zero-order chi connectivity index (χ0) is 12.7. The maximum atomic E-state index is 13.4. The number of hydrogen-bond donors (Lipinski definition) is 1. The van der Waals surface area contributed by atoms with Gasteiger partial charge in [0.1, 0.15) is 5.82 Å². The highest BCUT2D eigenvalue weighted by Gasteiger charge is 2.14. The normalized spacial score (nSPS) is 12.7. The van der Waals surface area contributed by atoms with Crippen molar-refractivity contribution < 1.29 is 4.39 Å². The molecule has 0 saturated carbocycles. The Morgan fingerprint density at radius 3 is 2.71 bits per heavy atom. The molecule has 1 N–H and O–H groups in total. The summed E-state index contributed by atoms with van der Waals surface area (Å²) in [5.41, 5.74) is 1.02. The molecule has 96 valence electrons. The van der Waals surface area contributed by atoms with Crippen LogP contribution in [0.5, 0.6) is 0 Å². The molecule has 0 aromatic heterocycles. The molecule has 0 heterocycles. The molecule has 1 rings (SSSR count). The fourth-order valence-corrected chi connectivity index (χ4v) is 2.56. The fourth-order valence-electron chi connectivity index (χ4n) is 2.02. The average molecular weight is 302 g/mol. The molecule has 0 fully saturated rings. The van der Waals surface area contributed by atoms with Crippen LogP contribution in [0.4, 0.5) is 4.39 Å². The Bertz CT molecular complexity index is 341. The Labute approximate surface area is 112 Å². The zero-order valence-electron chi connectivity index (χ0n) is 10.6. The van der Waals surface area contributed by atoms with Crippen molar-refractivity contribution in [2.75, 3.05) is 7.05 Å². The molecule has 0 spiro atoms. The number of benzene rings is 1. The van der Waals surface area contributed by atoms with Crippen LogP contribution < -0.4 is 5.32 Å². The van der Waals surface area contributed by atoms with Gasteiger partial charge >= 0.3 is 0 Å². The Morgan fingerprint density at radius 2 is 2.06 bits per heavy atom. The van der Waals surface area contributed by atoms with E-state index in [4.69, 9.17) is 0 Å². The molecule has 1 nitrogen and oxygen atoms in total. The summed E-state index contributed by atoms with van der Waals surface area (Å²) < 4.78 is 14.0. The molecule has 17 heavy (non-hydrogen) atoms. The summed E-state index contributed by atoms with van der Waals surface area (Å²) in [5.74, 6) is -0.184. The number of halogens is 2. The lowest BCUT2D eigenvalue weighted by Crippen LogP contribution is -2.17. The van der Waals surface area contributed by atoms with Gasteiger partial charge in [0.2, 0.25) is 0 Å². The van der Waals surface area contributed by atoms with Crippen LogP contribution in [0.2, 0.25) is 0 Å². The SMILES string of the molecule is CCCCCCC(NC)c1cccc(F)c1Br. The van der Waals surface area contributed by atoms with Crippen molar-refractivity contribution in [2.45, 2.75) is 45.1 Å². The monoisotopic (exact) mass is 301 g/mol. The Kier molecular flexibility index (Phi) is 6.75. The first-order valence-electron chi connectivity index (χ1n) is 6.31. The van der Waals surface area contributed by atoms with E-state index in [1.165, 1.54) is 31.7 Å². The van der Waals surface area contributed by atoms with Crippen molar-refractivity contribution in [2.24, 2.45) is 0 Å². The molecular formula is C14H21BrFN. The smallest absolute Gasteiger partial charge is 0.137 e. The van der Waals surface area contributed by atoms with Crippen LogP contribution in [0.15, 0.2) is 22.7 Å². The highest BCUT2D eigenvalue weighted by molar-refractivity contribution is 9.10. The van der Waals surface area contributed by atoms with Crippen LogP contribution in [-0.4, -0.2) is 7.05 Å². The second-order valence-corrected chi connectivity index (χ2v) is 5.13. The van der Waals surface area contributed by atoms with Crippen molar-refractivity contribution in [1.82, 2.24) is 5.32 Å². The number of rotatable bonds is 7. The second kappa shape index (κ2) is 7.83. The molecule has 0 radical (unpaired) electrons. The second-order valence-electron chi connectivity index (χ2n) is 4.33. The van der Waals surface area contributed by atoms with Crippen LogP contribution in [0.3, 0.4) is 0 Å². The van der Waals surface area contributed by atoms with E-state index in [1.807, 2.05) is 13.1 Å². The van der Waals surface area contributed by atoms with Gasteiger partial charge in [0.15, 0.2) is 0 Å². The van der Waals surface area contributed by atoms with Crippen molar-refractivity contribution >= 4 is 15.9 Å². The predicted octanol–water partition coefficient (Wildman–Crippen LogP) is 4.82. The van der Waals surface area contributed by atoms with Crippen LogP contribution in [0, 0.1) is 5.82 Å². The first-order chi connectivity index (χ1) is 8.20. The minimum Gasteiger partial charge on any atom is -0.313 e. The third-order valence-corrected chi connectivity index (χ3v) is 3.89. The van der Waals surface area contributed by atoms with Gasteiger partial charge in [-0.1, -0.05) is 44.7 Å². The van der Waals surface area contributed by atoms with Crippen LogP contribution >= 0.6 is 15.9 Å². The van der Waals surface area contributed by atoms with E-state index in [9.17, 15) is 4.39 Å². The highest BCUT2D eigenvalue weighted by Crippen LogP contribution is 2.29. The maximum Gasteiger partial charge on any atom is 0.137 e. The molecule has 0 aliphatic heterocycles. The lowest BCUT2D eigenvalue weighted by Gasteiger charge is -2.18. The largest absolute Gasteiger partial charge is 0.313 e. The van der Waals surface area contributed by atoms with Crippen molar-refractivity contribution in [1.29, 1.82) is 0 Å². The molecule has 1 aromatic rings. The first kappa shape index (κ1) is 14.7. The molecule has 1 unspecified atom stereocenters. The molecule has 0 saturated heterocycles. The topological polar surface area (TPSA) is 12.0 Å². The van der Waals surface area contributed by atoms with Crippen LogP contribution in [0.1, 0.15) is 50.6 Å². The van der Waals surface area contributed by atoms with Gasteiger partial charge in [0, 0.05) is 6.04 Å². The summed E-state index contributed by atoms with van der Waals surface area (Å²) in [4.78, 5) is 0. The minimum absolute atomic E-state index is 0.184. The van der Waals surface area contributed by atoms with Gasteiger partial charge in [-0.05, 0) is 41.0 Å². The minimum atomic E-state index is -0.184. The van der Waals surface area contributed by atoms with Gasteiger partial charge in [-0.2, -0.15) is 0 Å². The summed E-state index contributed by atoms with van der Waals surface area (Å²) in [5, 5.41) is 3.27. The summed E-state index contributed by atoms with van der Waals surface area (Å²) in [6.45, 7) is 2.21. The van der Waals surface area contributed by atoms with E-state index in [1.54, 1.807) is 6.07 Å². The Hall–Kier alpha value is -0.410. The van der Waals surface area contributed by atoms with Gasteiger partial charge in [0.05, 0.1) is 4.47 Å². The quantitative estimate of drug-likeness (QED) is 0.712. The zero-order valence-corrected chi connectivity index (χ0v) is 12.2. The van der Waals surface area contributed by atoms with Gasteiger partial charge in [-0.25, -0.2) is 4.39 Å². The summed E-state index contributed by atoms with van der Waals surface area (Å²) >= 11 is 3.33. The number of nitrogens with one attached hydrogen (secondary N) is 1. The molecule has 3 heteroatoms. The molecular weight excluding hydrogens is 281 g/mol. The van der Waals surface area contributed by atoms with Gasteiger partial charge < -0.3 is 5.32 Å². The van der Waals surface area contributed by atoms with Crippen LogP contribution in [0.25, 0.3) is 0 Å². The standard InChI is InChI=1S/C14H21BrFN/c1-3-4-5-6-10-13(17-2)11-8-7-9-12(16)14(11)15/h7-9,13,17H,3-6,10H2,1-2H3. The third kappa shape index (κ3) is 4.40. The molecule has 0 aliphatic carbocycles. The van der Waals surface area contributed by atoms with Crippen molar-refractivity contribution in [3.63, 3.8) is 0 Å². The van der Waals surface area contributed by atoms with Crippen molar-refractivity contribution in [3.05, 3.63) is 34.1 Å². The Balaban J connectivity index is 2.63. The molecule has 1 atom stereocenters. The molecule has 1 aromatic carbocycles. The van der Waals surface area contributed by atoms with E-state index in [0.717, 1.165) is 12.0 Å². The summed E-state index contributed by atoms with van der Waals surface area (Å²) in [7, 11) is 1.93. The van der Waals surface area contributed by atoms with Crippen LogP contribution in [-0.2, 0) is 0 Å². The van der Waals surface area contributed by atoms with E-state index < -0.39 is 0 Å². The lowest BCUT2D eigenvalue weighted by atomic mass is 10.00. The predicted molar refractivity (Wildman–Crippen MR) is 74.7 cm³/mol. The van der Waals surface area contributed by atoms with E-state index in [0.29, 0.717) is 4.47 Å².